The van der Waals surface area contributed by atoms with Crippen LogP contribution in [-0.4, -0.2) is 77.8 Å². The van der Waals surface area contributed by atoms with Gasteiger partial charge in [0.25, 0.3) is 0 Å². The third kappa shape index (κ3) is 10.1. The predicted molar refractivity (Wildman–Crippen MR) is 149 cm³/mol. The molecule has 0 aliphatic heterocycles. The molecule has 3 amide bonds. The number of nitrogens with one attached hydrogen (secondary N) is 3. The third-order valence-corrected chi connectivity index (χ3v) is 7.00. The van der Waals surface area contributed by atoms with Gasteiger partial charge in [0.2, 0.25) is 17.7 Å². The van der Waals surface area contributed by atoms with Crippen molar-refractivity contribution in [2.24, 2.45) is 11.7 Å². The van der Waals surface area contributed by atoms with Gasteiger partial charge in [-0.25, -0.2) is 4.79 Å². The molecule has 0 aliphatic carbocycles. The molecule has 0 spiro atoms. The van der Waals surface area contributed by atoms with E-state index in [1.807, 2.05) is 19.2 Å². The Labute approximate surface area is 228 Å². The molecule has 1 aromatic carbocycles. The van der Waals surface area contributed by atoms with Crippen molar-refractivity contribution in [2.45, 2.75) is 64.7 Å². The number of nitrogens with two attached hydrogens (primary N) is 1. The van der Waals surface area contributed by atoms with Crippen LogP contribution in [0.1, 0.15) is 37.0 Å². The van der Waals surface area contributed by atoms with Gasteiger partial charge in [0.1, 0.15) is 23.9 Å². The maximum absolute atomic E-state index is 13.4. The lowest BCUT2D eigenvalue weighted by Crippen LogP contribution is -2.59. The molecule has 0 aromatic heterocycles. The lowest BCUT2D eigenvalue weighted by Gasteiger charge is -2.27. The number of aryl methyl sites for hydroxylation is 1. The average Bonchev–Trinajstić information content (AvgIpc) is 2.85. The molecule has 12 heteroatoms. The standard InChI is InChI=1S/C25H40N4O6S2/c1-13(2)21(29-22(31)17(26)12-36)24(33)28-19(10-16-9-14(3)15(4)20(30)11-16)23(32)27-18(7-8-37-6)25(34)35-5/h9,11,13,17-19,21,30,36H,7-8,10,12,26H2,1-6H3,(H,27,32)(H,28,33)(H,29,31). The van der Waals surface area contributed by atoms with Crippen molar-refractivity contribution >= 4 is 48.1 Å². The Bertz CT molecular complexity index is 936. The summed E-state index contributed by atoms with van der Waals surface area (Å²) >= 11 is 5.54. The molecule has 37 heavy (non-hydrogen) atoms. The van der Waals surface area contributed by atoms with Crippen molar-refractivity contribution in [1.82, 2.24) is 16.0 Å². The summed E-state index contributed by atoms with van der Waals surface area (Å²) in [4.78, 5) is 51.2. The van der Waals surface area contributed by atoms with Gasteiger partial charge >= 0.3 is 5.97 Å². The smallest absolute Gasteiger partial charge is 0.328 e. The van der Waals surface area contributed by atoms with Crippen LogP contribution in [0.3, 0.4) is 0 Å². The Morgan fingerprint density at radius 1 is 1.05 bits per heavy atom. The molecule has 0 saturated carbocycles. The highest BCUT2D eigenvalue weighted by Gasteiger charge is 2.32. The van der Waals surface area contributed by atoms with Gasteiger partial charge in [-0.15, -0.1) is 0 Å². The molecule has 0 bridgehead atoms. The zero-order valence-corrected chi connectivity index (χ0v) is 24.0. The summed E-state index contributed by atoms with van der Waals surface area (Å²) < 4.78 is 4.83. The zero-order valence-electron chi connectivity index (χ0n) is 22.3. The van der Waals surface area contributed by atoms with Crippen molar-refractivity contribution in [2.75, 3.05) is 24.9 Å². The minimum Gasteiger partial charge on any atom is -0.508 e. The first-order chi connectivity index (χ1) is 17.4. The number of phenolic OH excluding ortho intramolecular Hbond substituents is 1. The number of hydrogen-bond donors (Lipinski definition) is 6. The van der Waals surface area contributed by atoms with Crippen molar-refractivity contribution < 1.29 is 29.0 Å². The van der Waals surface area contributed by atoms with Crippen LogP contribution in [0.15, 0.2) is 12.1 Å². The number of esters is 1. The maximum Gasteiger partial charge on any atom is 0.328 e. The Hall–Kier alpha value is -2.44. The van der Waals surface area contributed by atoms with E-state index in [0.29, 0.717) is 23.3 Å². The molecule has 0 heterocycles. The van der Waals surface area contributed by atoms with Crippen LogP contribution in [0.2, 0.25) is 0 Å². The molecule has 6 N–H and O–H groups in total. The van der Waals surface area contributed by atoms with Crippen molar-refractivity contribution in [1.29, 1.82) is 0 Å². The Morgan fingerprint density at radius 3 is 2.19 bits per heavy atom. The molecular formula is C25H40N4O6S2. The summed E-state index contributed by atoms with van der Waals surface area (Å²) in [5.41, 5.74) is 7.88. The number of carbonyl (C=O) groups excluding carboxylic acids is 4. The van der Waals surface area contributed by atoms with Gasteiger partial charge in [0.15, 0.2) is 0 Å². The number of thiol groups is 1. The molecule has 10 nitrogen and oxygen atoms in total. The van der Waals surface area contributed by atoms with Crippen LogP contribution in [0, 0.1) is 19.8 Å². The van der Waals surface area contributed by atoms with Crippen molar-refractivity contribution in [3.63, 3.8) is 0 Å². The minimum atomic E-state index is -1.10. The number of hydrogen-bond acceptors (Lipinski definition) is 9. The Balaban J connectivity index is 3.27. The summed E-state index contributed by atoms with van der Waals surface area (Å²) in [6, 6.07) is -0.505. The second kappa shape index (κ2) is 15.7. The highest BCUT2D eigenvalue weighted by molar-refractivity contribution is 7.98. The highest BCUT2D eigenvalue weighted by Crippen LogP contribution is 2.23. The van der Waals surface area contributed by atoms with E-state index < -0.39 is 47.9 Å². The fourth-order valence-electron chi connectivity index (χ4n) is 3.52. The number of carbonyl (C=O) groups is 4. The van der Waals surface area contributed by atoms with Crippen molar-refractivity contribution in [3.8, 4) is 5.75 Å². The van der Waals surface area contributed by atoms with E-state index in [4.69, 9.17) is 10.5 Å². The predicted octanol–water partition coefficient (Wildman–Crippen LogP) is 0.845. The van der Waals surface area contributed by atoms with Crippen LogP contribution in [0.4, 0.5) is 0 Å². The Morgan fingerprint density at radius 2 is 1.68 bits per heavy atom. The second-order valence-electron chi connectivity index (χ2n) is 9.21. The summed E-state index contributed by atoms with van der Waals surface area (Å²) in [6.45, 7) is 7.11. The van der Waals surface area contributed by atoms with Gasteiger partial charge in [-0.1, -0.05) is 19.9 Å². The number of thioether (sulfide) groups is 1. The molecule has 4 atom stereocenters. The van der Waals surface area contributed by atoms with Crippen LogP contribution in [-0.2, 0) is 30.3 Å². The fraction of sp³-hybridized carbons (Fsp3) is 0.600. The van der Waals surface area contributed by atoms with E-state index in [0.717, 1.165) is 5.56 Å². The number of amides is 3. The molecule has 1 rings (SSSR count). The molecule has 0 radical (unpaired) electrons. The third-order valence-electron chi connectivity index (χ3n) is 5.97. The summed E-state index contributed by atoms with van der Waals surface area (Å²) in [5, 5.41) is 18.3. The van der Waals surface area contributed by atoms with Crippen LogP contribution < -0.4 is 21.7 Å². The lowest BCUT2D eigenvalue weighted by molar-refractivity contribution is -0.145. The van der Waals surface area contributed by atoms with Gasteiger partial charge in [-0.2, -0.15) is 24.4 Å². The molecule has 0 saturated heterocycles. The molecule has 208 valence electrons. The van der Waals surface area contributed by atoms with E-state index in [9.17, 15) is 24.3 Å². The molecule has 0 fully saturated rings. The van der Waals surface area contributed by atoms with Gasteiger partial charge in [0.05, 0.1) is 13.2 Å². The second-order valence-corrected chi connectivity index (χ2v) is 10.6. The Kier molecular flexibility index (Phi) is 13.9. The fourth-order valence-corrected chi connectivity index (χ4v) is 4.15. The quantitative estimate of drug-likeness (QED) is 0.145. The number of rotatable bonds is 14. The molecular weight excluding hydrogens is 516 g/mol. The first kappa shape index (κ1) is 32.6. The van der Waals surface area contributed by atoms with Gasteiger partial charge in [-0.3, -0.25) is 14.4 Å². The summed E-state index contributed by atoms with van der Waals surface area (Å²) in [5.74, 6) is -1.84. The van der Waals surface area contributed by atoms with Crippen LogP contribution in [0.25, 0.3) is 0 Å². The van der Waals surface area contributed by atoms with E-state index >= 15 is 0 Å². The number of phenols is 1. The van der Waals surface area contributed by atoms with E-state index in [1.54, 1.807) is 20.8 Å². The first-order valence-electron chi connectivity index (χ1n) is 12.0. The van der Waals surface area contributed by atoms with Gasteiger partial charge in [-0.05, 0) is 61.0 Å². The lowest BCUT2D eigenvalue weighted by atomic mass is 9.98. The van der Waals surface area contributed by atoms with Crippen LogP contribution >= 0.6 is 24.4 Å². The largest absolute Gasteiger partial charge is 0.508 e. The van der Waals surface area contributed by atoms with Crippen LogP contribution in [0.5, 0.6) is 5.75 Å². The van der Waals surface area contributed by atoms with E-state index in [-0.39, 0.29) is 23.8 Å². The van der Waals surface area contributed by atoms with E-state index in [1.165, 1.54) is 24.9 Å². The van der Waals surface area contributed by atoms with Gasteiger partial charge in [0, 0.05) is 12.2 Å². The molecule has 0 aliphatic rings. The van der Waals surface area contributed by atoms with Gasteiger partial charge < -0.3 is 31.5 Å². The highest BCUT2D eigenvalue weighted by atomic mass is 32.2. The summed E-state index contributed by atoms with van der Waals surface area (Å²) in [7, 11) is 1.24. The molecule has 1 aromatic rings. The number of methoxy groups -OCH3 is 1. The maximum atomic E-state index is 13.4. The monoisotopic (exact) mass is 556 g/mol. The number of aromatic hydroxyl groups is 1. The minimum absolute atomic E-state index is 0.0393. The first-order valence-corrected chi connectivity index (χ1v) is 14.0. The normalized spacial score (nSPS) is 14.3. The van der Waals surface area contributed by atoms with Crippen molar-refractivity contribution in [3.05, 3.63) is 28.8 Å². The number of ether oxygens (including phenoxy) is 1. The SMILES string of the molecule is COC(=O)C(CCSC)NC(=O)C(Cc1cc(C)c(C)c(O)c1)NC(=O)C(NC(=O)C(N)CS)C(C)C. The average molecular weight is 557 g/mol. The summed E-state index contributed by atoms with van der Waals surface area (Å²) in [6.07, 6.45) is 2.26. The number of benzene rings is 1. The molecule has 4 unspecified atom stereocenters. The zero-order chi connectivity index (χ0) is 28.3. The topological polar surface area (TPSA) is 160 Å². The van der Waals surface area contributed by atoms with E-state index in [2.05, 4.69) is 28.6 Å².